The largest absolute Gasteiger partial charge is 0.480 e. The Morgan fingerprint density at radius 1 is 1.35 bits per heavy atom. The van der Waals surface area contributed by atoms with Crippen LogP contribution in [0.2, 0.25) is 0 Å². The van der Waals surface area contributed by atoms with Crippen LogP contribution in [0.1, 0.15) is 25.0 Å². The highest BCUT2D eigenvalue weighted by Gasteiger charge is 2.18. The first-order valence-electron chi connectivity index (χ1n) is 6.71. The lowest BCUT2D eigenvalue weighted by molar-refractivity contribution is -0.138. The summed E-state index contributed by atoms with van der Waals surface area (Å²) in [5, 5.41) is 16.4. The maximum absolute atomic E-state index is 12.0. The van der Waals surface area contributed by atoms with E-state index in [1.54, 1.807) is 6.20 Å². The normalized spacial score (nSPS) is 16.9. The van der Waals surface area contributed by atoms with E-state index >= 15 is 0 Å². The fourth-order valence-electron chi connectivity index (χ4n) is 2.20. The molecule has 1 aliphatic heterocycles. The highest BCUT2D eigenvalue weighted by atomic mass is 16.4. The predicted octanol–water partition coefficient (Wildman–Crippen LogP) is -0.755. The number of nitrogens with two attached hydrogens (primary N) is 1. The summed E-state index contributed by atoms with van der Waals surface area (Å²) in [7, 11) is 0. The lowest BCUT2D eigenvalue weighted by Crippen LogP contribution is -2.37. The van der Waals surface area contributed by atoms with E-state index in [2.05, 4.69) is 10.3 Å². The van der Waals surface area contributed by atoms with Crippen LogP contribution in [0, 0.1) is 0 Å². The molecule has 1 aromatic heterocycles. The summed E-state index contributed by atoms with van der Waals surface area (Å²) in [4.78, 5) is 24.5. The van der Waals surface area contributed by atoms with Crippen molar-refractivity contribution < 1.29 is 14.7 Å². The standard InChI is InChI=1S/C12H19N5O3/c13-10(12(19)20)6-9-7-17(15-14-9)8-11(18)16-4-2-1-3-5-16/h7,10H,1-6,8,13H2,(H,19,20). The fraction of sp³-hybridized carbons (Fsp3) is 0.667. The molecule has 2 heterocycles. The Kier molecular flexibility index (Phi) is 4.67. The Hall–Kier alpha value is -1.96. The summed E-state index contributed by atoms with van der Waals surface area (Å²) < 4.78 is 1.43. The van der Waals surface area contributed by atoms with Gasteiger partial charge in [0.25, 0.3) is 0 Å². The third kappa shape index (κ3) is 3.77. The predicted molar refractivity (Wildman–Crippen MR) is 69.8 cm³/mol. The van der Waals surface area contributed by atoms with Gasteiger partial charge >= 0.3 is 5.97 Å². The van der Waals surface area contributed by atoms with Crippen molar-refractivity contribution in [2.75, 3.05) is 13.1 Å². The van der Waals surface area contributed by atoms with E-state index in [9.17, 15) is 9.59 Å². The van der Waals surface area contributed by atoms with Crippen molar-refractivity contribution in [3.05, 3.63) is 11.9 Å². The second-order valence-electron chi connectivity index (χ2n) is 5.00. The number of piperidine rings is 1. The number of hydrogen-bond donors (Lipinski definition) is 2. The Morgan fingerprint density at radius 3 is 2.70 bits per heavy atom. The molecule has 1 aromatic rings. The van der Waals surface area contributed by atoms with Crippen molar-refractivity contribution in [2.24, 2.45) is 5.73 Å². The highest BCUT2D eigenvalue weighted by Crippen LogP contribution is 2.09. The van der Waals surface area contributed by atoms with Gasteiger partial charge < -0.3 is 15.7 Å². The topological polar surface area (TPSA) is 114 Å². The molecule has 0 bridgehead atoms. The summed E-state index contributed by atoms with van der Waals surface area (Å²) in [6, 6.07) is -1.00. The van der Waals surface area contributed by atoms with Crippen LogP contribution in [-0.2, 0) is 22.6 Å². The number of hydrogen-bond acceptors (Lipinski definition) is 5. The summed E-state index contributed by atoms with van der Waals surface area (Å²) in [6.07, 6.45) is 4.94. The molecule has 110 valence electrons. The van der Waals surface area contributed by atoms with Crippen LogP contribution >= 0.6 is 0 Å². The smallest absolute Gasteiger partial charge is 0.320 e. The number of carboxylic acid groups (broad SMARTS) is 1. The quantitative estimate of drug-likeness (QED) is 0.733. The molecule has 1 amide bonds. The number of carbonyl (C=O) groups excluding carboxylic acids is 1. The Morgan fingerprint density at radius 2 is 2.05 bits per heavy atom. The molecule has 20 heavy (non-hydrogen) atoms. The van der Waals surface area contributed by atoms with E-state index in [-0.39, 0.29) is 18.9 Å². The molecule has 0 saturated carbocycles. The third-order valence-electron chi connectivity index (χ3n) is 3.34. The summed E-state index contributed by atoms with van der Waals surface area (Å²) in [6.45, 7) is 1.73. The molecule has 0 spiro atoms. The van der Waals surface area contributed by atoms with Crippen molar-refractivity contribution in [1.29, 1.82) is 0 Å². The van der Waals surface area contributed by atoms with Gasteiger partial charge in [-0.3, -0.25) is 9.59 Å². The van der Waals surface area contributed by atoms with Gasteiger partial charge in [-0.15, -0.1) is 5.10 Å². The van der Waals surface area contributed by atoms with E-state index < -0.39 is 12.0 Å². The van der Waals surface area contributed by atoms with E-state index in [0.717, 1.165) is 25.9 Å². The van der Waals surface area contributed by atoms with Crippen LogP contribution in [0.15, 0.2) is 6.20 Å². The van der Waals surface area contributed by atoms with Gasteiger partial charge in [-0.1, -0.05) is 5.21 Å². The van der Waals surface area contributed by atoms with E-state index in [1.807, 2.05) is 4.90 Å². The minimum absolute atomic E-state index is 0.0173. The molecule has 0 radical (unpaired) electrons. The van der Waals surface area contributed by atoms with Crippen LogP contribution in [0.3, 0.4) is 0 Å². The number of rotatable bonds is 5. The molecule has 1 atom stereocenters. The lowest BCUT2D eigenvalue weighted by atomic mass is 10.1. The van der Waals surface area contributed by atoms with E-state index in [0.29, 0.717) is 5.69 Å². The van der Waals surface area contributed by atoms with Crippen molar-refractivity contribution in [1.82, 2.24) is 19.9 Å². The number of nitrogens with zero attached hydrogens (tertiary/aromatic N) is 4. The highest BCUT2D eigenvalue weighted by molar-refractivity contribution is 5.76. The second kappa shape index (κ2) is 6.47. The molecular weight excluding hydrogens is 262 g/mol. The molecule has 0 aromatic carbocycles. The maximum Gasteiger partial charge on any atom is 0.320 e. The van der Waals surface area contributed by atoms with Crippen LogP contribution in [-0.4, -0.2) is 56.0 Å². The van der Waals surface area contributed by atoms with E-state index in [1.165, 1.54) is 11.1 Å². The number of aromatic nitrogens is 3. The van der Waals surface area contributed by atoms with Gasteiger partial charge in [0.05, 0.1) is 5.69 Å². The number of likely N-dealkylation sites (tertiary alicyclic amines) is 1. The molecule has 0 aliphatic carbocycles. The molecule has 8 heteroatoms. The molecule has 1 fully saturated rings. The van der Waals surface area contributed by atoms with Crippen molar-refractivity contribution in [3.63, 3.8) is 0 Å². The fourth-order valence-corrected chi connectivity index (χ4v) is 2.20. The summed E-state index contributed by atoms with van der Waals surface area (Å²) >= 11 is 0. The Bertz CT molecular complexity index is 481. The monoisotopic (exact) mass is 281 g/mol. The third-order valence-corrected chi connectivity index (χ3v) is 3.34. The first-order chi connectivity index (χ1) is 9.56. The van der Waals surface area contributed by atoms with Gasteiger partial charge in [-0.25, -0.2) is 4.68 Å². The minimum atomic E-state index is -1.08. The molecular formula is C12H19N5O3. The van der Waals surface area contributed by atoms with Gasteiger partial charge in [0.15, 0.2) is 0 Å². The molecule has 1 unspecified atom stereocenters. The summed E-state index contributed by atoms with van der Waals surface area (Å²) in [5.74, 6) is -1.06. The van der Waals surface area contributed by atoms with Gasteiger partial charge in [-0.2, -0.15) is 0 Å². The first-order valence-corrected chi connectivity index (χ1v) is 6.71. The number of aliphatic carboxylic acids is 1. The first kappa shape index (κ1) is 14.4. The van der Waals surface area contributed by atoms with Gasteiger partial charge in [0.1, 0.15) is 12.6 Å². The second-order valence-corrected chi connectivity index (χ2v) is 5.00. The molecule has 1 aliphatic rings. The maximum atomic E-state index is 12.0. The Labute approximate surface area is 116 Å². The molecule has 8 nitrogen and oxygen atoms in total. The zero-order valence-electron chi connectivity index (χ0n) is 11.2. The van der Waals surface area contributed by atoms with Gasteiger partial charge in [0.2, 0.25) is 5.91 Å². The number of amides is 1. The average molecular weight is 281 g/mol. The van der Waals surface area contributed by atoms with Crippen molar-refractivity contribution in [2.45, 2.75) is 38.3 Å². The van der Waals surface area contributed by atoms with Crippen LogP contribution in [0.5, 0.6) is 0 Å². The SMILES string of the molecule is NC(Cc1cn(CC(=O)N2CCCCC2)nn1)C(=O)O. The number of carboxylic acids is 1. The number of carbonyl (C=O) groups is 2. The zero-order valence-corrected chi connectivity index (χ0v) is 11.2. The average Bonchev–Trinajstić information content (AvgIpc) is 2.86. The lowest BCUT2D eigenvalue weighted by Gasteiger charge is -2.26. The van der Waals surface area contributed by atoms with Crippen LogP contribution < -0.4 is 5.73 Å². The van der Waals surface area contributed by atoms with Gasteiger partial charge in [-0.05, 0) is 19.3 Å². The van der Waals surface area contributed by atoms with Gasteiger partial charge in [0, 0.05) is 25.7 Å². The van der Waals surface area contributed by atoms with Crippen molar-refractivity contribution in [3.8, 4) is 0 Å². The minimum Gasteiger partial charge on any atom is -0.480 e. The molecule has 3 N–H and O–H groups in total. The van der Waals surface area contributed by atoms with E-state index in [4.69, 9.17) is 10.8 Å². The molecule has 2 rings (SSSR count). The zero-order chi connectivity index (χ0) is 14.5. The van der Waals surface area contributed by atoms with Crippen molar-refractivity contribution >= 4 is 11.9 Å². The Balaban J connectivity index is 1.88. The van der Waals surface area contributed by atoms with Crippen LogP contribution in [0.4, 0.5) is 0 Å². The molecule has 1 saturated heterocycles. The summed E-state index contributed by atoms with van der Waals surface area (Å²) in [5.41, 5.74) is 5.90. The van der Waals surface area contributed by atoms with Crippen LogP contribution in [0.25, 0.3) is 0 Å².